The van der Waals surface area contributed by atoms with Crippen molar-refractivity contribution in [1.29, 1.82) is 0 Å². The molecular weight excluding hydrogens is 432 g/mol. The van der Waals surface area contributed by atoms with Gasteiger partial charge in [0.1, 0.15) is 18.1 Å². The van der Waals surface area contributed by atoms with E-state index < -0.39 is 0 Å². The second-order valence-corrected chi connectivity index (χ2v) is 7.68. The number of aromatic amines is 2. The van der Waals surface area contributed by atoms with Crippen LogP contribution in [0, 0.1) is 4.77 Å². The second-order valence-electron chi connectivity index (χ2n) is 7.29. The van der Waals surface area contributed by atoms with E-state index in [-0.39, 0.29) is 0 Å². The van der Waals surface area contributed by atoms with Gasteiger partial charge in [0.2, 0.25) is 10.6 Å². The van der Waals surface area contributed by atoms with Crippen molar-refractivity contribution in [2.75, 3.05) is 0 Å². The Morgan fingerprint density at radius 3 is 2.48 bits per heavy atom. The third kappa shape index (κ3) is 4.81. The molecule has 162 valence electrons. The SMILES string of the molecule is S=c1[nH]nc(-c2cc(-c3ccccc3)n[nH]2)n1/N=C\c1cccc(OCc2ccccc2)c1. The number of hydrogen-bond acceptors (Lipinski definition) is 5. The van der Waals surface area contributed by atoms with E-state index in [1.54, 1.807) is 10.9 Å². The van der Waals surface area contributed by atoms with Gasteiger partial charge in [-0.3, -0.25) is 5.10 Å². The Balaban J connectivity index is 1.35. The van der Waals surface area contributed by atoms with Gasteiger partial charge in [-0.1, -0.05) is 72.8 Å². The van der Waals surface area contributed by atoms with Crippen molar-refractivity contribution in [1.82, 2.24) is 25.1 Å². The van der Waals surface area contributed by atoms with E-state index in [9.17, 15) is 0 Å². The minimum atomic E-state index is 0.383. The fourth-order valence-corrected chi connectivity index (χ4v) is 3.50. The molecule has 0 saturated heterocycles. The highest BCUT2D eigenvalue weighted by atomic mass is 32.1. The average molecular weight is 453 g/mol. The Morgan fingerprint density at radius 2 is 1.67 bits per heavy atom. The summed E-state index contributed by atoms with van der Waals surface area (Å²) in [5.41, 5.74) is 4.53. The summed E-state index contributed by atoms with van der Waals surface area (Å²) in [7, 11) is 0. The first-order valence-electron chi connectivity index (χ1n) is 10.4. The van der Waals surface area contributed by atoms with Gasteiger partial charge in [0, 0.05) is 5.56 Å². The predicted octanol–water partition coefficient (Wildman–Crippen LogP) is 5.46. The molecule has 0 unspecified atom stereocenters. The Labute approximate surface area is 195 Å². The van der Waals surface area contributed by atoms with Crippen LogP contribution in [0.25, 0.3) is 22.8 Å². The number of nitrogens with zero attached hydrogens (tertiary/aromatic N) is 4. The summed E-state index contributed by atoms with van der Waals surface area (Å²) in [6.07, 6.45) is 1.72. The number of H-pyrrole nitrogens is 2. The van der Waals surface area contributed by atoms with Crippen molar-refractivity contribution in [2.45, 2.75) is 6.61 Å². The van der Waals surface area contributed by atoms with Gasteiger partial charge in [-0.25, -0.2) is 5.10 Å². The summed E-state index contributed by atoms with van der Waals surface area (Å²) < 4.78 is 7.86. The number of aromatic nitrogens is 5. The molecule has 0 aliphatic heterocycles. The highest BCUT2D eigenvalue weighted by Crippen LogP contribution is 2.22. The summed E-state index contributed by atoms with van der Waals surface area (Å²) in [4.78, 5) is 0. The van der Waals surface area contributed by atoms with Gasteiger partial charge in [0.25, 0.3) is 0 Å². The summed E-state index contributed by atoms with van der Waals surface area (Å²) in [5, 5.41) is 19.1. The van der Waals surface area contributed by atoms with E-state index in [0.717, 1.165) is 28.1 Å². The standard InChI is InChI=1S/C25H20N6OS/c33-25-30-29-24(23-15-22(27-28-23)20-11-5-2-6-12-20)31(25)26-16-19-10-7-13-21(14-19)32-17-18-8-3-1-4-9-18/h1-16H,17H2,(H,27,28)(H,30,33)/b26-16-. The van der Waals surface area contributed by atoms with Crippen molar-refractivity contribution < 1.29 is 4.74 Å². The quantitative estimate of drug-likeness (QED) is 0.254. The summed E-state index contributed by atoms with van der Waals surface area (Å²) in [6, 6.07) is 29.6. The average Bonchev–Trinajstić information content (AvgIpc) is 3.50. The van der Waals surface area contributed by atoms with Crippen LogP contribution in [0.2, 0.25) is 0 Å². The van der Waals surface area contributed by atoms with Crippen LogP contribution in [0.1, 0.15) is 11.1 Å². The molecule has 0 aliphatic carbocycles. The Hall–Kier alpha value is -4.30. The van der Waals surface area contributed by atoms with Crippen LogP contribution < -0.4 is 4.74 Å². The lowest BCUT2D eigenvalue weighted by Crippen LogP contribution is -1.97. The molecule has 2 aromatic heterocycles. The lowest BCUT2D eigenvalue weighted by Gasteiger charge is -2.06. The summed E-state index contributed by atoms with van der Waals surface area (Å²) >= 11 is 5.38. The molecule has 0 saturated carbocycles. The largest absolute Gasteiger partial charge is 0.489 e. The van der Waals surface area contributed by atoms with Crippen LogP contribution in [0.4, 0.5) is 0 Å². The topological polar surface area (TPSA) is 83.9 Å². The van der Waals surface area contributed by atoms with Gasteiger partial charge in [0.15, 0.2) is 0 Å². The highest BCUT2D eigenvalue weighted by Gasteiger charge is 2.12. The van der Waals surface area contributed by atoms with Crippen molar-refractivity contribution in [3.8, 4) is 28.5 Å². The molecule has 0 amide bonds. The molecular formula is C25H20N6OS. The van der Waals surface area contributed by atoms with Gasteiger partial charge in [-0.2, -0.15) is 20.0 Å². The number of benzene rings is 3. The summed E-state index contributed by atoms with van der Waals surface area (Å²) in [6.45, 7) is 0.502. The zero-order chi connectivity index (χ0) is 22.5. The van der Waals surface area contributed by atoms with E-state index >= 15 is 0 Å². The number of nitrogens with one attached hydrogen (secondary N) is 2. The first-order valence-corrected chi connectivity index (χ1v) is 10.8. The van der Waals surface area contributed by atoms with E-state index in [0.29, 0.717) is 22.9 Å². The molecule has 0 spiro atoms. The molecule has 0 aliphatic rings. The number of ether oxygens (including phenoxy) is 1. The van der Waals surface area contributed by atoms with Gasteiger partial charge in [0.05, 0.1) is 11.9 Å². The molecule has 33 heavy (non-hydrogen) atoms. The molecule has 3 aromatic carbocycles. The Bertz CT molecular complexity index is 1440. The molecule has 5 aromatic rings. The van der Waals surface area contributed by atoms with E-state index in [2.05, 4.69) is 25.5 Å². The van der Waals surface area contributed by atoms with Crippen molar-refractivity contribution in [3.05, 3.63) is 107 Å². The van der Waals surface area contributed by atoms with Crippen LogP contribution in [-0.4, -0.2) is 31.3 Å². The lowest BCUT2D eigenvalue weighted by atomic mass is 10.1. The van der Waals surface area contributed by atoms with Crippen LogP contribution in [0.3, 0.4) is 0 Å². The predicted molar refractivity (Wildman–Crippen MR) is 131 cm³/mol. The molecule has 5 rings (SSSR count). The number of rotatable bonds is 7. The Morgan fingerprint density at radius 1 is 0.879 bits per heavy atom. The second kappa shape index (κ2) is 9.46. The maximum absolute atomic E-state index is 5.91. The maximum atomic E-state index is 5.91. The molecule has 2 N–H and O–H groups in total. The minimum Gasteiger partial charge on any atom is -0.489 e. The molecule has 0 radical (unpaired) electrons. The molecule has 0 bridgehead atoms. The van der Waals surface area contributed by atoms with Crippen LogP contribution in [0.15, 0.2) is 96.1 Å². The lowest BCUT2D eigenvalue weighted by molar-refractivity contribution is 0.306. The molecule has 7 nitrogen and oxygen atoms in total. The molecule has 0 fully saturated rings. The molecule has 2 heterocycles. The van der Waals surface area contributed by atoms with Gasteiger partial charge in [-0.15, -0.1) is 0 Å². The first kappa shape index (κ1) is 20.6. The maximum Gasteiger partial charge on any atom is 0.216 e. The zero-order valence-corrected chi connectivity index (χ0v) is 18.4. The van der Waals surface area contributed by atoms with Crippen LogP contribution in [-0.2, 0) is 6.61 Å². The fraction of sp³-hybridized carbons (Fsp3) is 0.0400. The van der Waals surface area contributed by atoms with Crippen molar-refractivity contribution >= 4 is 18.4 Å². The molecule has 0 atom stereocenters. The smallest absolute Gasteiger partial charge is 0.216 e. The van der Waals surface area contributed by atoms with Gasteiger partial charge < -0.3 is 4.74 Å². The van der Waals surface area contributed by atoms with Gasteiger partial charge >= 0.3 is 0 Å². The number of hydrogen-bond donors (Lipinski definition) is 2. The van der Waals surface area contributed by atoms with E-state index in [1.165, 1.54) is 0 Å². The minimum absolute atomic E-state index is 0.383. The highest BCUT2D eigenvalue weighted by molar-refractivity contribution is 7.71. The van der Waals surface area contributed by atoms with Crippen LogP contribution >= 0.6 is 12.2 Å². The van der Waals surface area contributed by atoms with Crippen molar-refractivity contribution in [3.63, 3.8) is 0 Å². The summed E-state index contributed by atoms with van der Waals surface area (Å²) in [5.74, 6) is 1.31. The van der Waals surface area contributed by atoms with E-state index in [1.807, 2.05) is 91.0 Å². The van der Waals surface area contributed by atoms with Gasteiger partial charge in [-0.05, 0) is 41.5 Å². The van der Waals surface area contributed by atoms with E-state index in [4.69, 9.17) is 17.0 Å². The first-order chi connectivity index (χ1) is 16.3. The van der Waals surface area contributed by atoms with Crippen LogP contribution in [0.5, 0.6) is 5.75 Å². The van der Waals surface area contributed by atoms with Crippen molar-refractivity contribution in [2.24, 2.45) is 5.10 Å². The Kier molecular flexibility index (Phi) is 5.90. The normalized spacial score (nSPS) is 11.2. The molecule has 8 heteroatoms. The third-order valence-electron chi connectivity index (χ3n) is 4.97. The zero-order valence-electron chi connectivity index (χ0n) is 17.6. The third-order valence-corrected chi connectivity index (χ3v) is 5.23. The fourth-order valence-electron chi connectivity index (χ4n) is 3.32. The monoisotopic (exact) mass is 452 g/mol.